The van der Waals surface area contributed by atoms with E-state index < -0.39 is 57.3 Å². The molecule has 0 radical (unpaired) electrons. The van der Waals surface area contributed by atoms with E-state index in [1.807, 2.05) is 0 Å². The summed E-state index contributed by atoms with van der Waals surface area (Å²) in [4.78, 5) is 12.6. The van der Waals surface area contributed by atoms with Gasteiger partial charge in [0.2, 0.25) is 5.91 Å². The van der Waals surface area contributed by atoms with Gasteiger partial charge in [0, 0.05) is 0 Å². The summed E-state index contributed by atoms with van der Waals surface area (Å²) in [7, 11) is -3.64. The molecule has 2 aromatic carbocycles. The third kappa shape index (κ3) is 7.08. The van der Waals surface area contributed by atoms with E-state index >= 15 is 8.78 Å². The lowest BCUT2D eigenvalue weighted by Gasteiger charge is -2.34. The maximum absolute atomic E-state index is 15.0. The molecule has 2 aromatic rings. The predicted octanol–water partition coefficient (Wildman–Crippen LogP) is 5.42. The van der Waals surface area contributed by atoms with Crippen LogP contribution in [-0.2, 0) is 14.6 Å². The Morgan fingerprint density at radius 3 is 2.05 bits per heavy atom. The second kappa shape index (κ2) is 12.2. The number of hydrogen-bond acceptors (Lipinski definition) is 5. The number of carbonyl (C=O) groups excluding carboxylic acids is 1. The molecule has 0 spiro atoms. The van der Waals surface area contributed by atoms with Gasteiger partial charge in [-0.3, -0.25) is 10.1 Å². The molecule has 0 fully saturated rings. The lowest BCUT2D eigenvalue weighted by atomic mass is 9.90. The third-order valence-corrected chi connectivity index (χ3v) is 8.03. The van der Waals surface area contributed by atoms with Gasteiger partial charge in [-0.1, -0.05) is 50.2 Å². The van der Waals surface area contributed by atoms with Crippen LogP contribution in [0.5, 0.6) is 0 Å². The van der Waals surface area contributed by atoms with Crippen LogP contribution in [0.25, 0.3) is 11.1 Å². The molecular formula is C26H30F5N3O3S. The summed E-state index contributed by atoms with van der Waals surface area (Å²) in [5.74, 6) is -6.44. The van der Waals surface area contributed by atoms with Gasteiger partial charge in [0.05, 0.1) is 22.3 Å². The van der Waals surface area contributed by atoms with Crippen LogP contribution in [0.15, 0.2) is 53.4 Å². The number of rotatable bonds is 11. The number of nitrogens with zero attached hydrogens (tertiary/aromatic N) is 1. The van der Waals surface area contributed by atoms with Crippen LogP contribution in [0.3, 0.4) is 0 Å². The SMILES string of the molecule is CC(C)C[C@H](N[C@@H](c1ccccc1-c1ccc(S(=O)(=O)C(C)C)cc1)C(F)(F)C(F)(F)F)C(=O)NCC#N. The van der Waals surface area contributed by atoms with Crippen molar-refractivity contribution in [2.75, 3.05) is 6.54 Å². The number of nitriles is 1. The van der Waals surface area contributed by atoms with E-state index in [0.29, 0.717) is 0 Å². The number of halogens is 5. The highest BCUT2D eigenvalue weighted by Crippen LogP contribution is 2.47. The van der Waals surface area contributed by atoms with Crippen molar-refractivity contribution >= 4 is 15.7 Å². The van der Waals surface area contributed by atoms with E-state index in [0.717, 1.165) is 6.07 Å². The molecule has 0 saturated heterocycles. The molecule has 2 rings (SSSR count). The van der Waals surface area contributed by atoms with Gasteiger partial charge in [-0.2, -0.15) is 27.2 Å². The zero-order valence-electron chi connectivity index (χ0n) is 21.3. The maximum atomic E-state index is 15.0. The number of amides is 1. The molecule has 0 aromatic heterocycles. The first-order chi connectivity index (χ1) is 17.5. The number of carbonyl (C=O) groups is 1. The monoisotopic (exact) mass is 559 g/mol. The summed E-state index contributed by atoms with van der Waals surface area (Å²) >= 11 is 0. The van der Waals surface area contributed by atoms with E-state index in [-0.39, 0.29) is 28.4 Å². The van der Waals surface area contributed by atoms with Gasteiger partial charge in [-0.05, 0) is 55.0 Å². The Labute approximate surface area is 219 Å². The average Bonchev–Trinajstić information content (AvgIpc) is 2.84. The van der Waals surface area contributed by atoms with Gasteiger partial charge >= 0.3 is 12.1 Å². The third-order valence-electron chi connectivity index (χ3n) is 5.86. The van der Waals surface area contributed by atoms with Crippen molar-refractivity contribution in [2.45, 2.75) is 68.4 Å². The minimum atomic E-state index is -5.96. The Morgan fingerprint density at radius 2 is 1.55 bits per heavy atom. The van der Waals surface area contributed by atoms with Crippen molar-refractivity contribution in [2.24, 2.45) is 5.92 Å². The number of benzene rings is 2. The van der Waals surface area contributed by atoms with Crippen LogP contribution in [0.1, 0.15) is 45.7 Å². The molecule has 12 heteroatoms. The first kappa shape index (κ1) is 31.2. The number of nitrogens with one attached hydrogen (secondary N) is 2. The topological polar surface area (TPSA) is 99.1 Å². The molecule has 0 aliphatic rings. The fraction of sp³-hybridized carbons (Fsp3) is 0.462. The summed E-state index contributed by atoms with van der Waals surface area (Å²) in [6.45, 7) is 5.88. The van der Waals surface area contributed by atoms with Gasteiger partial charge in [-0.15, -0.1) is 0 Å². The molecule has 0 bridgehead atoms. The summed E-state index contributed by atoms with van der Waals surface area (Å²) in [6, 6.07) is 7.93. The van der Waals surface area contributed by atoms with E-state index in [1.54, 1.807) is 19.9 Å². The molecule has 2 N–H and O–H groups in total. The van der Waals surface area contributed by atoms with Crippen molar-refractivity contribution in [3.8, 4) is 17.2 Å². The van der Waals surface area contributed by atoms with Crippen LogP contribution >= 0.6 is 0 Å². The molecule has 0 unspecified atom stereocenters. The van der Waals surface area contributed by atoms with Gasteiger partial charge in [0.1, 0.15) is 12.6 Å². The van der Waals surface area contributed by atoms with Crippen molar-refractivity contribution in [1.29, 1.82) is 5.26 Å². The normalized spacial score (nSPS) is 14.3. The first-order valence-electron chi connectivity index (χ1n) is 11.8. The molecule has 6 nitrogen and oxygen atoms in total. The van der Waals surface area contributed by atoms with Crippen molar-refractivity contribution in [1.82, 2.24) is 10.6 Å². The molecule has 2 atom stereocenters. The average molecular weight is 560 g/mol. The minimum Gasteiger partial charge on any atom is -0.342 e. The second-order valence-electron chi connectivity index (χ2n) is 9.48. The molecule has 38 heavy (non-hydrogen) atoms. The predicted molar refractivity (Wildman–Crippen MR) is 133 cm³/mol. The van der Waals surface area contributed by atoms with E-state index in [4.69, 9.17) is 5.26 Å². The summed E-state index contributed by atoms with van der Waals surface area (Å²) in [5.41, 5.74) is -0.221. The van der Waals surface area contributed by atoms with Crippen LogP contribution < -0.4 is 10.6 Å². The summed E-state index contributed by atoms with van der Waals surface area (Å²) < 4.78 is 96.0. The van der Waals surface area contributed by atoms with Gasteiger partial charge < -0.3 is 5.32 Å². The summed E-state index contributed by atoms with van der Waals surface area (Å²) in [6.07, 6.45) is -6.04. The van der Waals surface area contributed by atoms with E-state index in [2.05, 4.69) is 10.6 Å². The Balaban J connectivity index is 2.66. The number of sulfone groups is 1. The largest absolute Gasteiger partial charge is 0.455 e. The van der Waals surface area contributed by atoms with Gasteiger partial charge in [0.25, 0.3) is 0 Å². The van der Waals surface area contributed by atoms with Gasteiger partial charge in [-0.25, -0.2) is 8.42 Å². The van der Waals surface area contributed by atoms with Gasteiger partial charge in [0.15, 0.2) is 9.84 Å². The number of hydrogen-bond donors (Lipinski definition) is 2. The maximum Gasteiger partial charge on any atom is 0.455 e. The second-order valence-corrected chi connectivity index (χ2v) is 12.0. The standard InChI is InChI=1S/C26H30F5N3O3S/c1-16(2)15-22(24(35)33-14-13-32)34-23(25(27,28)26(29,30)31)21-8-6-5-7-20(21)18-9-11-19(12-10-18)38(36,37)17(3)4/h5-12,16-17,22-23,34H,14-15H2,1-4H3,(H,33,35)/t22-,23-/m0/s1. The lowest BCUT2D eigenvalue weighted by Crippen LogP contribution is -2.54. The van der Waals surface area contributed by atoms with E-state index in [9.17, 15) is 26.4 Å². The zero-order valence-corrected chi connectivity index (χ0v) is 22.1. The molecular weight excluding hydrogens is 529 g/mol. The lowest BCUT2D eigenvalue weighted by molar-refractivity contribution is -0.294. The van der Waals surface area contributed by atoms with Crippen LogP contribution in [0, 0.1) is 17.2 Å². The highest BCUT2D eigenvalue weighted by atomic mass is 32.2. The van der Waals surface area contributed by atoms with Crippen LogP contribution in [0.2, 0.25) is 0 Å². The Kier molecular flexibility index (Phi) is 10.0. The van der Waals surface area contributed by atoms with Crippen LogP contribution in [0.4, 0.5) is 22.0 Å². The van der Waals surface area contributed by atoms with Crippen molar-refractivity contribution in [3.63, 3.8) is 0 Å². The quantitative estimate of drug-likeness (QED) is 0.283. The fourth-order valence-electron chi connectivity index (χ4n) is 3.83. The molecule has 0 aliphatic heterocycles. The molecule has 0 heterocycles. The highest BCUT2D eigenvalue weighted by Gasteiger charge is 2.63. The van der Waals surface area contributed by atoms with E-state index in [1.165, 1.54) is 56.3 Å². The Bertz CT molecular complexity index is 1250. The molecule has 208 valence electrons. The van der Waals surface area contributed by atoms with Crippen LogP contribution in [-0.4, -0.2) is 44.3 Å². The fourth-order valence-corrected chi connectivity index (χ4v) is 4.89. The number of alkyl halides is 5. The Hall–Kier alpha value is -3.04. The first-order valence-corrected chi connectivity index (χ1v) is 13.4. The highest BCUT2D eigenvalue weighted by molar-refractivity contribution is 7.92. The van der Waals surface area contributed by atoms with Crippen molar-refractivity contribution in [3.05, 3.63) is 54.1 Å². The zero-order chi connectivity index (χ0) is 28.9. The molecule has 0 aliphatic carbocycles. The minimum absolute atomic E-state index is 0.00292. The molecule has 1 amide bonds. The molecule has 0 saturated carbocycles. The summed E-state index contributed by atoms with van der Waals surface area (Å²) in [5, 5.41) is 12.5. The van der Waals surface area contributed by atoms with Crippen molar-refractivity contribution < 1.29 is 35.2 Å². The smallest absolute Gasteiger partial charge is 0.342 e. The Morgan fingerprint density at radius 1 is 0.974 bits per heavy atom.